The van der Waals surface area contributed by atoms with Crippen molar-refractivity contribution in [3.05, 3.63) is 23.8 Å². The van der Waals surface area contributed by atoms with E-state index in [0.717, 1.165) is 5.57 Å². The number of Topliss-reactive ketones (excluding diaryl/α,β-unsaturated/α-hetero) is 1. The number of aliphatic hydroxyl groups is 2. The lowest BCUT2D eigenvalue weighted by molar-refractivity contribution is -0.183. The number of fused-ring (bicyclic) bond motifs is 1. The molecule has 0 bridgehead atoms. The Hall–Kier alpha value is -1.99. The van der Waals surface area contributed by atoms with Crippen LogP contribution in [0.2, 0.25) is 0 Å². The number of hydrogen-bond donors (Lipinski definition) is 2. The van der Waals surface area contributed by atoms with Gasteiger partial charge in [0.2, 0.25) is 0 Å². The fraction of sp³-hybridized carbons (Fsp3) is 0.650. The van der Waals surface area contributed by atoms with Crippen molar-refractivity contribution in [3.63, 3.8) is 0 Å². The summed E-state index contributed by atoms with van der Waals surface area (Å²) in [6, 6.07) is 0. The molecule has 7 heteroatoms. The third kappa shape index (κ3) is 4.47. The van der Waals surface area contributed by atoms with Gasteiger partial charge in [-0.05, 0) is 19.8 Å². The molecule has 0 aromatic heterocycles. The van der Waals surface area contributed by atoms with Gasteiger partial charge in [0.1, 0.15) is 23.9 Å². The Balaban J connectivity index is 2.48. The molecule has 0 radical (unpaired) electrons. The van der Waals surface area contributed by atoms with Crippen molar-refractivity contribution in [1.82, 2.24) is 0 Å². The molecule has 2 aliphatic rings. The second-order valence-corrected chi connectivity index (χ2v) is 8.02. The van der Waals surface area contributed by atoms with E-state index in [-0.39, 0.29) is 24.3 Å². The zero-order chi connectivity index (χ0) is 20.5. The van der Waals surface area contributed by atoms with Crippen LogP contribution in [-0.4, -0.2) is 51.8 Å². The van der Waals surface area contributed by atoms with Gasteiger partial charge in [0.15, 0.2) is 5.78 Å². The van der Waals surface area contributed by atoms with Crippen molar-refractivity contribution >= 4 is 17.7 Å². The maximum atomic E-state index is 12.4. The summed E-state index contributed by atoms with van der Waals surface area (Å²) in [7, 11) is 0. The fourth-order valence-corrected chi connectivity index (χ4v) is 3.45. The summed E-state index contributed by atoms with van der Waals surface area (Å²) in [5.74, 6) is -2.67. The number of carbonyl (C=O) groups is 3. The zero-order valence-corrected chi connectivity index (χ0v) is 16.2. The van der Waals surface area contributed by atoms with Crippen LogP contribution in [0.1, 0.15) is 47.0 Å². The number of hydrogen-bond acceptors (Lipinski definition) is 7. The first-order valence-corrected chi connectivity index (χ1v) is 9.13. The van der Waals surface area contributed by atoms with Gasteiger partial charge in [-0.15, -0.1) is 0 Å². The largest absolute Gasteiger partial charge is 0.459 e. The first-order valence-electron chi connectivity index (χ1n) is 9.13. The van der Waals surface area contributed by atoms with Crippen LogP contribution in [0.3, 0.4) is 0 Å². The van der Waals surface area contributed by atoms with Crippen molar-refractivity contribution in [2.45, 2.75) is 70.9 Å². The Morgan fingerprint density at radius 2 is 2.07 bits per heavy atom. The number of ether oxygens (including phenoxy) is 2. The number of esters is 2. The van der Waals surface area contributed by atoms with Gasteiger partial charge in [-0.25, -0.2) is 4.79 Å². The van der Waals surface area contributed by atoms with E-state index in [4.69, 9.17) is 9.47 Å². The van der Waals surface area contributed by atoms with E-state index < -0.39 is 47.6 Å². The molecular weight excluding hydrogens is 352 g/mol. The average Bonchev–Trinajstić information content (AvgIpc) is 2.82. The summed E-state index contributed by atoms with van der Waals surface area (Å²) in [5.41, 5.74) is -1.31. The van der Waals surface area contributed by atoms with Crippen LogP contribution in [-0.2, 0) is 23.9 Å². The highest BCUT2D eigenvalue weighted by Crippen LogP contribution is 2.39. The molecule has 7 nitrogen and oxygen atoms in total. The monoisotopic (exact) mass is 380 g/mol. The Kier molecular flexibility index (Phi) is 6.27. The highest BCUT2D eigenvalue weighted by molar-refractivity contribution is 5.92. The summed E-state index contributed by atoms with van der Waals surface area (Å²) >= 11 is 0. The first kappa shape index (κ1) is 21.3. The Bertz CT molecular complexity index is 674. The minimum atomic E-state index is -2.16. The van der Waals surface area contributed by atoms with Gasteiger partial charge in [-0.1, -0.05) is 32.1 Å². The Labute approximate surface area is 159 Å². The highest BCUT2D eigenvalue weighted by atomic mass is 16.6. The molecule has 5 atom stereocenters. The number of allylic oxidation sites excluding steroid dienone is 1. The predicted octanol–water partition coefficient (Wildman–Crippen LogP) is 1.46. The van der Waals surface area contributed by atoms with Crippen molar-refractivity contribution in [3.8, 4) is 0 Å². The zero-order valence-electron chi connectivity index (χ0n) is 16.2. The maximum absolute atomic E-state index is 12.4. The average molecular weight is 380 g/mol. The van der Waals surface area contributed by atoms with Gasteiger partial charge in [0.05, 0.1) is 5.92 Å². The molecule has 150 valence electrons. The second-order valence-electron chi connectivity index (χ2n) is 8.02. The molecule has 2 N–H and O–H groups in total. The lowest BCUT2D eigenvalue weighted by Gasteiger charge is -2.37. The molecule has 1 saturated heterocycles. The molecule has 1 heterocycles. The Morgan fingerprint density at radius 1 is 1.44 bits per heavy atom. The minimum absolute atomic E-state index is 0.0157. The highest BCUT2D eigenvalue weighted by Gasteiger charge is 2.53. The smallest absolute Gasteiger partial charge is 0.334 e. The second kappa shape index (κ2) is 7.94. The van der Waals surface area contributed by atoms with Crippen LogP contribution >= 0.6 is 0 Å². The van der Waals surface area contributed by atoms with Crippen molar-refractivity contribution in [2.24, 2.45) is 11.8 Å². The van der Waals surface area contributed by atoms with E-state index in [0.29, 0.717) is 6.42 Å². The van der Waals surface area contributed by atoms with E-state index >= 15 is 0 Å². The predicted molar refractivity (Wildman–Crippen MR) is 96.5 cm³/mol. The SMILES string of the molecule is C=C1C(=O)OC2CC(C)=CCC(=O)C(C)(O)C(O)C(OC(=O)CC(C)C)C12. The van der Waals surface area contributed by atoms with Crippen molar-refractivity contribution < 1.29 is 34.1 Å². The minimum Gasteiger partial charge on any atom is -0.459 e. The maximum Gasteiger partial charge on any atom is 0.334 e. The van der Waals surface area contributed by atoms with Crippen LogP contribution in [0.15, 0.2) is 23.8 Å². The molecule has 0 aromatic carbocycles. The van der Waals surface area contributed by atoms with E-state index in [9.17, 15) is 24.6 Å². The molecule has 0 aromatic rings. The molecule has 0 amide bonds. The summed E-state index contributed by atoms with van der Waals surface area (Å²) in [5, 5.41) is 21.5. The molecule has 1 fully saturated rings. The molecule has 0 spiro atoms. The van der Waals surface area contributed by atoms with Gasteiger partial charge in [-0.2, -0.15) is 0 Å². The molecule has 2 rings (SSSR count). The number of ketones is 1. The molecule has 5 unspecified atom stereocenters. The Morgan fingerprint density at radius 3 is 2.67 bits per heavy atom. The standard InChI is InChI=1S/C20H28O7/c1-10(2)8-15(22)27-17-16-12(4)19(24)26-13(16)9-11(3)6-7-14(21)20(5,25)18(17)23/h6,10,13,16-18,23,25H,4,7-9H2,1-3,5H3. The van der Waals surface area contributed by atoms with Crippen LogP contribution in [0.25, 0.3) is 0 Å². The lowest BCUT2D eigenvalue weighted by Crippen LogP contribution is -2.57. The quantitative estimate of drug-likeness (QED) is 0.433. The number of aliphatic hydroxyl groups excluding tert-OH is 1. The van der Waals surface area contributed by atoms with Gasteiger partial charge in [0.25, 0.3) is 0 Å². The van der Waals surface area contributed by atoms with Gasteiger partial charge >= 0.3 is 11.9 Å². The summed E-state index contributed by atoms with van der Waals surface area (Å²) in [6.45, 7) is 10.4. The molecule has 1 aliphatic carbocycles. The third-order valence-corrected chi connectivity index (χ3v) is 5.13. The number of rotatable bonds is 3. The topological polar surface area (TPSA) is 110 Å². The van der Waals surface area contributed by atoms with E-state index in [2.05, 4.69) is 6.58 Å². The molecule has 0 saturated carbocycles. The lowest BCUT2D eigenvalue weighted by atomic mass is 9.77. The van der Waals surface area contributed by atoms with Crippen LogP contribution < -0.4 is 0 Å². The van der Waals surface area contributed by atoms with Crippen LogP contribution in [0, 0.1) is 11.8 Å². The van der Waals surface area contributed by atoms with Crippen molar-refractivity contribution in [1.29, 1.82) is 0 Å². The number of carbonyl (C=O) groups excluding carboxylic acids is 3. The van der Waals surface area contributed by atoms with E-state index in [1.165, 1.54) is 6.92 Å². The molecular formula is C20H28O7. The van der Waals surface area contributed by atoms with E-state index in [1.807, 2.05) is 13.8 Å². The first-order chi connectivity index (χ1) is 12.4. The van der Waals surface area contributed by atoms with Gasteiger partial charge in [0, 0.05) is 24.8 Å². The summed E-state index contributed by atoms with van der Waals surface area (Å²) < 4.78 is 10.9. The van der Waals surface area contributed by atoms with Gasteiger partial charge < -0.3 is 19.7 Å². The normalized spacial score (nSPS) is 34.8. The van der Waals surface area contributed by atoms with Crippen molar-refractivity contribution in [2.75, 3.05) is 0 Å². The van der Waals surface area contributed by atoms with Crippen LogP contribution in [0.4, 0.5) is 0 Å². The molecule has 1 aliphatic heterocycles. The summed E-state index contributed by atoms with van der Waals surface area (Å²) in [4.78, 5) is 36.8. The van der Waals surface area contributed by atoms with E-state index in [1.54, 1.807) is 13.0 Å². The third-order valence-electron chi connectivity index (χ3n) is 5.13. The van der Waals surface area contributed by atoms with Gasteiger partial charge in [-0.3, -0.25) is 9.59 Å². The van der Waals surface area contributed by atoms with Crippen LogP contribution in [0.5, 0.6) is 0 Å². The molecule has 27 heavy (non-hydrogen) atoms. The fourth-order valence-electron chi connectivity index (χ4n) is 3.45. The summed E-state index contributed by atoms with van der Waals surface area (Å²) in [6.07, 6.45) is -1.80.